The first-order chi connectivity index (χ1) is 17.1. The van der Waals surface area contributed by atoms with Gasteiger partial charge < -0.3 is 15.0 Å². The van der Waals surface area contributed by atoms with Crippen LogP contribution < -0.4 is 10.2 Å². The van der Waals surface area contributed by atoms with Crippen LogP contribution in [-0.2, 0) is 24.0 Å². The number of methoxy groups -OCH3 is 1. The lowest BCUT2D eigenvalue weighted by Gasteiger charge is -2.18. The average Bonchev–Trinajstić information content (AvgIpc) is 3.44. The van der Waals surface area contributed by atoms with Gasteiger partial charge in [-0.1, -0.05) is 42.0 Å². The molecule has 0 fully saturated rings. The number of aromatic nitrogens is 2. The van der Waals surface area contributed by atoms with E-state index in [2.05, 4.69) is 22.1 Å². The molecule has 2 aromatic carbocycles. The maximum absolute atomic E-state index is 12.9. The first-order valence-electron chi connectivity index (χ1n) is 11.4. The number of carbonyl (C=O) groups excluding carboxylic acids is 2. The van der Waals surface area contributed by atoms with Crippen LogP contribution in [0.15, 0.2) is 48.5 Å². The molecule has 0 radical (unpaired) electrons. The van der Waals surface area contributed by atoms with E-state index in [0.717, 1.165) is 16.7 Å². The summed E-state index contributed by atoms with van der Waals surface area (Å²) in [5, 5.41) is 6.69. The number of aryl methyl sites for hydroxylation is 1. The largest absolute Gasteiger partial charge is 0.465 e. The zero-order valence-electron chi connectivity index (χ0n) is 20.6. The lowest BCUT2D eigenvalue weighted by atomic mass is 10.1. The van der Waals surface area contributed by atoms with Crippen molar-refractivity contribution in [3.8, 4) is 0 Å². The highest BCUT2D eigenvalue weighted by Crippen LogP contribution is 2.37. The van der Waals surface area contributed by atoms with Crippen LogP contribution in [0.4, 0.5) is 19.0 Å². The number of halogens is 3. The third-order valence-corrected chi connectivity index (χ3v) is 5.99. The molecule has 2 heterocycles. The Labute approximate surface area is 207 Å². The number of esters is 1. The van der Waals surface area contributed by atoms with Gasteiger partial charge in [0.25, 0.3) is 0 Å². The summed E-state index contributed by atoms with van der Waals surface area (Å²) >= 11 is 0. The van der Waals surface area contributed by atoms with Crippen molar-refractivity contribution in [1.82, 2.24) is 15.1 Å². The monoisotopic (exact) mass is 502 g/mol. The zero-order valence-corrected chi connectivity index (χ0v) is 20.6. The summed E-state index contributed by atoms with van der Waals surface area (Å²) in [6.45, 7) is 5.36. The first kappa shape index (κ1) is 26.9. The third kappa shape index (κ3) is 6.12. The molecule has 0 spiro atoms. The molecule has 0 amide bonds. The minimum atomic E-state index is -4.62. The van der Waals surface area contributed by atoms with Gasteiger partial charge in [-0.05, 0) is 44.2 Å². The van der Waals surface area contributed by atoms with Crippen LogP contribution >= 0.6 is 0 Å². The molecule has 10 heteroatoms. The molecule has 1 N–H and O–H groups in total. The molecule has 192 valence electrons. The van der Waals surface area contributed by atoms with Crippen molar-refractivity contribution in [3.63, 3.8) is 0 Å². The van der Waals surface area contributed by atoms with Crippen LogP contribution in [0.2, 0.25) is 0 Å². The third-order valence-electron chi connectivity index (χ3n) is 5.99. The van der Waals surface area contributed by atoms with Gasteiger partial charge in [-0.25, -0.2) is 9.48 Å². The minimum absolute atomic E-state index is 0.245. The van der Waals surface area contributed by atoms with Crippen LogP contribution in [0, 0.1) is 6.92 Å². The van der Waals surface area contributed by atoms with E-state index in [4.69, 9.17) is 0 Å². The molecule has 1 aliphatic heterocycles. The fourth-order valence-corrected chi connectivity index (χ4v) is 3.86. The molecular formula is C26H29F3N4O3. The SMILES string of the molecule is CNC(C)c1ccc(C(=O)OC)cc1.Cc1ccc(CN2CCn3nc(C(F)(F)F)c(C=O)c32)cc1. The number of nitrogens with zero attached hydrogens (tertiary/aromatic N) is 3. The Balaban J connectivity index is 0.000000223. The second-order valence-corrected chi connectivity index (χ2v) is 8.46. The fourth-order valence-electron chi connectivity index (χ4n) is 3.86. The second kappa shape index (κ2) is 11.4. The normalized spacial score (nSPS) is 13.5. The highest BCUT2D eigenvalue weighted by Gasteiger charge is 2.41. The molecule has 0 aliphatic carbocycles. The summed E-state index contributed by atoms with van der Waals surface area (Å²) in [7, 11) is 3.28. The number of alkyl halides is 3. The molecule has 0 saturated carbocycles. The molecule has 1 atom stereocenters. The molecule has 4 rings (SSSR count). The maximum Gasteiger partial charge on any atom is 0.435 e. The number of hydrogen-bond acceptors (Lipinski definition) is 6. The zero-order chi connectivity index (χ0) is 26.5. The predicted molar refractivity (Wildman–Crippen MR) is 130 cm³/mol. The van der Waals surface area contributed by atoms with Crippen LogP contribution in [0.25, 0.3) is 0 Å². The van der Waals surface area contributed by atoms with Crippen molar-refractivity contribution in [1.29, 1.82) is 0 Å². The number of carbonyl (C=O) groups is 2. The van der Waals surface area contributed by atoms with E-state index >= 15 is 0 Å². The number of nitrogens with one attached hydrogen (secondary N) is 1. The van der Waals surface area contributed by atoms with Crippen molar-refractivity contribution in [2.45, 2.75) is 39.2 Å². The molecule has 1 aromatic heterocycles. The van der Waals surface area contributed by atoms with E-state index in [0.29, 0.717) is 31.2 Å². The van der Waals surface area contributed by atoms with Gasteiger partial charge >= 0.3 is 12.1 Å². The lowest BCUT2D eigenvalue weighted by molar-refractivity contribution is -0.141. The van der Waals surface area contributed by atoms with Gasteiger partial charge in [-0.15, -0.1) is 0 Å². The number of rotatable bonds is 6. The average molecular weight is 503 g/mol. The predicted octanol–water partition coefficient (Wildman–Crippen LogP) is 4.80. The first-order valence-corrected chi connectivity index (χ1v) is 11.4. The van der Waals surface area contributed by atoms with E-state index < -0.39 is 11.9 Å². The van der Waals surface area contributed by atoms with Gasteiger partial charge in [0.1, 0.15) is 5.82 Å². The standard InChI is InChI=1S/C15H14F3N3O.C11H15NO2/c1-10-2-4-11(5-3-10)8-20-6-7-21-14(20)12(9-22)13(19-21)15(16,17)18;1-8(12-2)9-4-6-10(7-5-9)11(13)14-3/h2-5,9H,6-8H2,1H3;4-8,12H,1-3H3. The summed E-state index contributed by atoms with van der Waals surface area (Å²) in [5.41, 5.74) is 2.34. The molecule has 3 aromatic rings. The quantitative estimate of drug-likeness (QED) is 0.386. The summed E-state index contributed by atoms with van der Waals surface area (Å²) in [6, 6.07) is 15.4. The Morgan fingerprint density at radius 1 is 1.14 bits per heavy atom. The lowest BCUT2D eigenvalue weighted by Crippen LogP contribution is -2.21. The highest BCUT2D eigenvalue weighted by atomic mass is 19.4. The van der Waals surface area contributed by atoms with Gasteiger partial charge in [-0.2, -0.15) is 18.3 Å². The van der Waals surface area contributed by atoms with Crippen LogP contribution in [-0.4, -0.2) is 42.7 Å². The number of aldehydes is 1. The van der Waals surface area contributed by atoms with Gasteiger partial charge in [0.15, 0.2) is 12.0 Å². The van der Waals surface area contributed by atoms with E-state index in [1.165, 1.54) is 11.8 Å². The van der Waals surface area contributed by atoms with Crippen molar-refractivity contribution in [3.05, 3.63) is 82.0 Å². The number of hydrogen-bond donors (Lipinski definition) is 1. The molecule has 1 aliphatic rings. The number of ether oxygens (including phenoxy) is 1. The number of anilines is 1. The van der Waals surface area contributed by atoms with Crippen molar-refractivity contribution in [2.75, 3.05) is 25.6 Å². The Morgan fingerprint density at radius 2 is 1.78 bits per heavy atom. The Kier molecular flexibility index (Phi) is 8.52. The molecular weight excluding hydrogens is 473 g/mol. The molecule has 36 heavy (non-hydrogen) atoms. The van der Waals surface area contributed by atoms with Crippen molar-refractivity contribution >= 4 is 18.1 Å². The summed E-state index contributed by atoms with van der Waals surface area (Å²) in [6.07, 6.45) is -4.38. The van der Waals surface area contributed by atoms with E-state index in [-0.39, 0.29) is 23.6 Å². The number of benzene rings is 2. The van der Waals surface area contributed by atoms with Gasteiger partial charge in [0.2, 0.25) is 0 Å². The van der Waals surface area contributed by atoms with Gasteiger partial charge in [0, 0.05) is 19.1 Å². The van der Waals surface area contributed by atoms with Crippen molar-refractivity contribution in [2.24, 2.45) is 0 Å². The smallest absolute Gasteiger partial charge is 0.435 e. The molecule has 0 bridgehead atoms. The van der Waals surface area contributed by atoms with Crippen molar-refractivity contribution < 1.29 is 27.5 Å². The second-order valence-electron chi connectivity index (χ2n) is 8.46. The maximum atomic E-state index is 12.9. The molecule has 7 nitrogen and oxygen atoms in total. The fraction of sp³-hybridized carbons (Fsp3) is 0.346. The highest BCUT2D eigenvalue weighted by molar-refractivity contribution is 5.89. The topological polar surface area (TPSA) is 76.5 Å². The minimum Gasteiger partial charge on any atom is -0.465 e. The van der Waals surface area contributed by atoms with Crippen LogP contribution in [0.3, 0.4) is 0 Å². The van der Waals surface area contributed by atoms with Crippen LogP contribution in [0.5, 0.6) is 0 Å². The van der Waals surface area contributed by atoms with Crippen LogP contribution in [0.1, 0.15) is 56.1 Å². The van der Waals surface area contributed by atoms with E-state index in [1.807, 2.05) is 50.4 Å². The van der Waals surface area contributed by atoms with E-state index in [1.54, 1.807) is 17.0 Å². The van der Waals surface area contributed by atoms with Gasteiger partial charge in [0.05, 0.1) is 24.8 Å². The molecule has 0 saturated heterocycles. The summed E-state index contributed by atoms with van der Waals surface area (Å²) < 4.78 is 44.7. The number of fused-ring (bicyclic) bond motifs is 1. The summed E-state index contributed by atoms with van der Waals surface area (Å²) in [5.74, 6) is -0.0449. The van der Waals surface area contributed by atoms with E-state index in [9.17, 15) is 22.8 Å². The Hall–Kier alpha value is -3.66. The Morgan fingerprint density at radius 3 is 2.31 bits per heavy atom. The Bertz CT molecular complexity index is 1190. The molecule has 1 unspecified atom stereocenters. The van der Waals surface area contributed by atoms with Gasteiger partial charge in [-0.3, -0.25) is 4.79 Å². The summed E-state index contributed by atoms with van der Waals surface area (Å²) in [4.78, 5) is 24.0.